The van der Waals surface area contributed by atoms with Crippen molar-refractivity contribution in [2.75, 3.05) is 17.7 Å². The van der Waals surface area contributed by atoms with E-state index >= 15 is 0 Å². The summed E-state index contributed by atoms with van der Waals surface area (Å²) >= 11 is 0. The Kier molecular flexibility index (Phi) is 5.11. The average Bonchev–Trinajstić information content (AvgIpc) is 2.69. The van der Waals surface area contributed by atoms with E-state index < -0.39 is 0 Å². The third-order valence-corrected chi connectivity index (χ3v) is 3.65. The number of ether oxygens (including phenoxy) is 1. The smallest absolute Gasteiger partial charge is 0.274 e. The number of amides is 1. The van der Waals surface area contributed by atoms with Gasteiger partial charge in [0, 0.05) is 5.69 Å². The Morgan fingerprint density at radius 2 is 1.77 bits per heavy atom. The molecular formula is C20H16N4O2. The van der Waals surface area contributed by atoms with Gasteiger partial charge in [0.25, 0.3) is 5.91 Å². The molecule has 0 aliphatic rings. The summed E-state index contributed by atoms with van der Waals surface area (Å²) in [6, 6.07) is 19.6. The van der Waals surface area contributed by atoms with Gasteiger partial charge in [0.15, 0.2) is 0 Å². The van der Waals surface area contributed by atoms with Crippen molar-refractivity contribution in [1.82, 2.24) is 4.98 Å². The van der Waals surface area contributed by atoms with Crippen molar-refractivity contribution in [3.05, 3.63) is 78.1 Å². The number of nitriles is 1. The molecule has 0 atom stereocenters. The Hall–Kier alpha value is -3.85. The van der Waals surface area contributed by atoms with Crippen LogP contribution in [0.4, 0.5) is 17.1 Å². The van der Waals surface area contributed by atoms with E-state index in [1.165, 1.54) is 0 Å². The molecule has 3 rings (SSSR count). The van der Waals surface area contributed by atoms with Crippen LogP contribution in [0.3, 0.4) is 0 Å². The number of anilines is 3. The first-order valence-electron chi connectivity index (χ1n) is 7.87. The number of aromatic nitrogens is 1. The molecule has 128 valence electrons. The van der Waals surface area contributed by atoms with Gasteiger partial charge in [-0.2, -0.15) is 5.26 Å². The molecular weight excluding hydrogens is 328 g/mol. The minimum atomic E-state index is -0.321. The standard InChI is InChI=1S/C20H16N4O2/c1-26-19-5-3-2-4-17(19)23-16-10-11-18(22-13-16)20(25)24-15-8-6-14(12-21)7-9-15/h2-11,13,23H,1H3,(H,24,25). The largest absolute Gasteiger partial charge is 0.495 e. The van der Waals surface area contributed by atoms with Gasteiger partial charge in [-0.25, -0.2) is 4.98 Å². The molecule has 6 heteroatoms. The highest BCUT2D eigenvalue weighted by Gasteiger charge is 2.08. The van der Waals surface area contributed by atoms with E-state index in [0.29, 0.717) is 16.9 Å². The van der Waals surface area contributed by atoms with Crippen molar-refractivity contribution < 1.29 is 9.53 Å². The molecule has 26 heavy (non-hydrogen) atoms. The SMILES string of the molecule is COc1ccccc1Nc1ccc(C(=O)Nc2ccc(C#N)cc2)nc1. The number of nitrogens with one attached hydrogen (secondary N) is 2. The third-order valence-electron chi connectivity index (χ3n) is 3.65. The van der Waals surface area contributed by atoms with Crippen LogP contribution >= 0.6 is 0 Å². The van der Waals surface area contributed by atoms with Crippen molar-refractivity contribution in [3.8, 4) is 11.8 Å². The third kappa shape index (κ3) is 3.97. The number of hydrogen-bond acceptors (Lipinski definition) is 5. The Bertz CT molecular complexity index is 945. The molecule has 0 bridgehead atoms. The number of carbonyl (C=O) groups is 1. The van der Waals surface area contributed by atoms with Crippen molar-refractivity contribution in [2.45, 2.75) is 0 Å². The zero-order chi connectivity index (χ0) is 18.4. The molecule has 0 saturated heterocycles. The van der Waals surface area contributed by atoms with Crippen molar-refractivity contribution in [3.63, 3.8) is 0 Å². The summed E-state index contributed by atoms with van der Waals surface area (Å²) in [6.07, 6.45) is 1.58. The Morgan fingerprint density at radius 1 is 1.04 bits per heavy atom. The molecule has 0 fully saturated rings. The summed E-state index contributed by atoms with van der Waals surface area (Å²) in [5.41, 5.74) is 2.98. The summed E-state index contributed by atoms with van der Waals surface area (Å²) in [5.74, 6) is 0.397. The minimum absolute atomic E-state index is 0.292. The fourth-order valence-electron chi connectivity index (χ4n) is 2.33. The topological polar surface area (TPSA) is 87.0 Å². The number of methoxy groups -OCH3 is 1. The van der Waals surface area contributed by atoms with Gasteiger partial charge in [0.05, 0.1) is 36.3 Å². The van der Waals surface area contributed by atoms with Crippen LogP contribution in [0.25, 0.3) is 0 Å². The van der Waals surface area contributed by atoms with Crippen LogP contribution < -0.4 is 15.4 Å². The maximum atomic E-state index is 12.3. The molecule has 0 aliphatic heterocycles. The zero-order valence-electron chi connectivity index (χ0n) is 14.1. The predicted octanol–water partition coefficient (Wildman–Crippen LogP) is 3.96. The van der Waals surface area contributed by atoms with Crippen molar-refractivity contribution in [1.29, 1.82) is 5.26 Å². The maximum absolute atomic E-state index is 12.3. The van der Waals surface area contributed by atoms with Crippen LogP contribution in [0, 0.1) is 11.3 Å². The van der Waals surface area contributed by atoms with Gasteiger partial charge < -0.3 is 15.4 Å². The van der Waals surface area contributed by atoms with E-state index in [0.717, 1.165) is 17.1 Å². The lowest BCUT2D eigenvalue weighted by atomic mass is 10.2. The van der Waals surface area contributed by atoms with E-state index in [2.05, 4.69) is 15.6 Å². The molecule has 1 amide bonds. The number of hydrogen-bond donors (Lipinski definition) is 2. The van der Waals surface area contributed by atoms with Gasteiger partial charge >= 0.3 is 0 Å². The first-order chi connectivity index (χ1) is 12.7. The first-order valence-corrected chi connectivity index (χ1v) is 7.87. The highest BCUT2D eigenvalue weighted by atomic mass is 16.5. The summed E-state index contributed by atoms with van der Waals surface area (Å²) in [5, 5.41) is 14.7. The average molecular weight is 344 g/mol. The molecule has 0 spiro atoms. The van der Waals surface area contributed by atoms with Crippen LogP contribution in [0.2, 0.25) is 0 Å². The van der Waals surface area contributed by atoms with E-state index in [4.69, 9.17) is 10.00 Å². The molecule has 6 nitrogen and oxygen atoms in total. The lowest BCUT2D eigenvalue weighted by molar-refractivity contribution is 0.102. The predicted molar refractivity (Wildman–Crippen MR) is 99.6 cm³/mol. The number of rotatable bonds is 5. The van der Waals surface area contributed by atoms with Crippen LogP contribution in [0.5, 0.6) is 5.75 Å². The van der Waals surface area contributed by atoms with Crippen molar-refractivity contribution in [2.24, 2.45) is 0 Å². The van der Waals surface area contributed by atoms with Crippen LogP contribution in [0.15, 0.2) is 66.9 Å². The number of benzene rings is 2. The van der Waals surface area contributed by atoms with Crippen LogP contribution in [0.1, 0.15) is 16.1 Å². The zero-order valence-corrected chi connectivity index (χ0v) is 14.1. The van der Waals surface area contributed by atoms with Gasteiger partial charge in [-0.05, 0) is 48.5 Å². The fourth-order valence-corrected chi connectivity index (χ4v) is 2.33. The van der Waals surface area contributed by atoms with Gasteiger partial charge in [-0.15, -0.1) is 0 Å². The molecule has 0 unspecified atom stereocenters. The fraction of sp³-hybridized carbons (Fsp3) is 0.0500. The quantitative estimate of drug-likeness (QED) is 0.731. The Balaban J connectivity index is 1.68. The summed E-state index contributed by atoms with van der Waals surface area (Å²) < 4.78 is 5.30. The summed E-state index contributed by atoms with van der Waals surface area (Å²) in [7, 11) is 1.61. The second-order valence-corrected chi connectivity index (χ2v) is 5.40. The van der Waals surface area contributed by atoms with E-state index in [9.17, 15) is 4.79 Å². The molecule has 0 radical (unpaired) electrons. The van der Waals surface area contributed by atoms with Crippen LogP contribution in [-0.4, -0.2) is 18.0 Å². The highest BCUT2D eigenvalue weighted by molar-refractivity contribution is 6.03. The molecule has 3 aromatic rings. The Labute approximate surface area is 151 Å². The number of carbonyl (C=O) groups excluding carboxylic acids is 1. The lowest BCUT2D eigenvalue weighted by Crippen LogP contribution is -2.13. The van der Waals surface area contributed by atoms with Gasteiger partial charge in [0.1, 0.15) is 11.4 Å². The number of nitrogens with zero attached hydrogens (tertiary/aromatic N) is 2. The summed E-state index contributed by atoms with van der Waals surface area (Å²) in [6.45, 7) is 0. The van der Waals surface area contributed by atoms with Crippen molar-refractivity contribution >= 4 is 23.0 Å². The second kappa shape index (κ2) is 7.81. The van der Waals surface area contributed by atoms with Gasteiger partial charge in [0.2, 0.25) is 0 Å². The van der Waals surface area contributed by atoms with Gasteiger partial charge in [-0.3, -0.25) is 4.79 Å². The summed E-state index contributed by atoms with van der Waals surface area (Å²) in [4.78, 5) is 16.5. The van der Waals surface area contributed by atoms with Gasteiger partial charge in [-0.1, -0.05) is 12.1 Å². The maximum Gasteiger partial charge on any atom is 0.274 e. The van der Waals surface area contributed by atoms with E-state index in [1.54, 1.807) is 49.7 Å². The molecule has 0 saturated carbocycles. The lowest BCUT2D eigenvalue weighted by Gasteiger charge is -2.11. The molecule has 1 aromatic heterocycles. The van der Waals surface area contributed by atoms with Crippen LogP contribution in [-0.2, 0) is 0 Å². The number of para-hydroxylation sites is 2. The second-order valence-electron chi connectivity index (χ2n) is 5.40. The molecule has 2 aromatic carbocycles. The Morgan fingerprint density at radius 3 is 2.42 bits per heavy atom. The normalized spacial score (nSPS) is 9.85. The monoisotopic (exact) mass is 344 g/mol. The van der Waals surface area contributed by atoms with E-state index in [1.807, 2.05) is 30.3 Å². The highest BCUT2D eigenvalue weighted by Crippen LogP contribution is 2.26. The molecule has 0 aliphatic carbocycles. The number of pyridine rings is 1. The minimum Gasteiger partial charge on any atom is -0.495 e. The van der Waals surface area contributed by atoms with E-state index in [-0.39, 0.29) is 5.91 Å². The first kappa shape index (κ1) is 17.0. The molecule has 2 N–H and O–H groups in total. The molecule has 1 heterocycles.